The highest BCUT2D eigenvalue weighted by molar-refractivity contribution is 5.97. The smallest absolute Gasteiger partial charge is 0.331 e. The molecule has 0 bridgehead atoms. The molecule has 0 aromatic carbocycles. The molecule has 0 aromatic rings. The lowest BCUT2D eigenvalue weighted by molar-refractivity contribution is -0.133. The van der Waals surface area contributed by atoms with Gasteiger partial charge in [-0.3, -0.25) is 4.79 Å². The molecule has 0 saturated carbocycles. The molecule has 1 amide bonds. The van der Waals surface area contributed by atoms with Crippen LogP contribution in [0.15, 0.2) is 11.6 Å². The number of hydrogen-bond donors (Lipinski definition) is 1. The van der Waals surface area contributed by atoms with E-state index < -0.39 is 5.97 Å². The van der Waals surface area contributed by atoms with Gasteiger partial charge in [0.25, 0.3) is 0 Å². The summed E-state index contributed by atoms with van der Waals surface area (Å²) in [5, 5.41) is 8.62. The highest BCUT2D eigenvalue weighted by Gasteiger charge is 2.17. The van der Waals surface area contributed by atoms with Crippen molar-refractivity contribution in [3.63, 3.8) is 0 Å². The molecule has 0 atom stereocenters. The molecular weight excluding hydrogens is 196 g/mol. The predicted molar refractivity (Wildman–Crippen MR) is 55.5 cm³/mol. The van der Waals surface area contributed by atoms with Crippen LogP contribution in [0.5, 0.6) is 0 Å². The zero-order valence-electron chi connectivity index (χ0n) is 9.06. The molecule has 0 unspecified atom stereocenters. The predicted octanol–water partition coefficient (Wildman–Crippen LogP) is -0.209. The molecule has 1 heterocycles. The Labute approximate surface area is 89.0 Å². The van der Waals surface area contributed by atoms with Crippen LogP contribution in [-0.2, 0) is 9.59 Å². The van der Waals surface area contributed by atoms with E-state index in [4.69, 9.17) is 5.11 Å². The highest BCUT2D eigenvalue weighted by Crippen LogP contribution is 2.02. The largest absolute Gasteiger partial charge is 0.478 e. The van der Waals surface area contributed by atoms with Gasteiger partial charge < -0.3 is 14.9 Å². The third-order valence-corrected chi connectivity index (χ3v) is 2.49. The topological polar surface area (TPSA) is 60.9 Å². The van der Waals surface area contributed by atoms with E-state index in [1.54, 1.807) is 4.90 Å². The first-order valence-corrected chi connectivity index (χ1v) is 4.89. The molecule has 0 spiro atoms. The lowest BCUT2D eigenvalue weighted by Gasteiger charge is -2.31. The first-order valence-electron chi connectivity index (χ1n) is 4.89. The molecule has 15 heavy (non-hydrogen) atoms. The van der Waals surface area contributed by atoms with Crippen molar-refractivity contribution in [2.75, 3.05) is 33.2 Å². The summed E-state index contributed by atoms with van der Waals surface area (Å²) in [4.78, 5) is 25.9. The monoisotopic (exact) mass is 212 g/mol. The molecule has 1 aliphatic heterocycles. The Morgan fingerprint density at radius 2 is 1.73 bits per heavy atom. The lowest BCUT2D eigenvalue weighted by atomic mass is 10.2. The van der Waals surface area contributed by atoms with Crippen LogP contribution in [0, 0.1) is 0 Å². The molecule has 1 saturated heterocycles. The van der Waals surface area contributed by atoms with Gasteiger partial charge in [0.05, 0.1) is 0 Å². The Bertz CT molecular complexity index is 291. The second kappa shape index (κ2) is 4.93. The van der Waals surface area contributed by atoms with Crippen molar-refractivity contribution >= 4 is 11.9 Å². The van der Waals surface area contributed by atoms with E-state index >= 15 is 0 Å². The molecule has 1 fully saturated rings. The minimum absolute atomic E-state index is 0.0823. The van der Waals surface area contributed by atoms with Gasteiger partial charge >= 0.3 is 5.97 Å². The van der Waals surface area contributed by atoms with Gasteiger partial charge in [0.2, 0.25) is 5.91 Å². The summed E-state index contributed by atoms with van der Waals surface area (Å²) in [6.45, 7) is 4.44. The highest BCUT2D eigenvalue weighted by atomic mass is 16.4. The number of carboxylic acids is 1. The minimum atomic E-state index is -1.04. The number of carbonyl (C=O) groups excluding carboxylic acids is 1. The van der Waals surface area contributed by atoms with Crippen molar-refractivity contribution in [3.8, 4) is 0 Å². The number of nitrogens with zero attached hydrogens (tertiary/aromatic N) is 2. The Morgan fingerprint density at radius 1 is 1.20 bits per heavy atom. The first-order chi connectivity index (χ1) is 7.00. The Balaban J connectivity index is 2.54. The van der Waals surface area contributed by atoms with E-state index in [9.17, 15) is 9.59 Å². The van der Waals surface area contributed by atoms with Gasteiger partial charge in [0.1, 0.15) is 0 Å². The molecule has 84 valence electrons. The number of aliphatic carboxylic acids is 1. The van der Waals surface area contributed by atoms with Crippen LogP contribution < -0.4 is 0 Å². The molecule has 0 aromatic heterocycles. The standard InChI is InChI=1S/C10H16N2O3/c1-8(10(14)15)7-9(13)12-5-3-11(2)4-6-12/h7H,3-6H2,1-2H3,(H,14,15). The quantitative estimate of drug-likeness (QED) is 0.643. The van der Waals surface area contributed by atoms with E-state index in [1.807, 2.05) is 7.05 Å². The van der Waals surface area contributed by atoms with Crippen molar-refractivity contribution in [2.24, 2.45) is 0 Å². The van der Waals surface area contributed by atoms with Crippen molar-refractivity contribution in [2.45, 2.75) is 6.92 Å². The van der Waals surface area contributed by atoms with E-state index in [2.05, 4.69) is 4.90 Å². The van der Waals surface area contributed by atoms with Crippen LogP contribution in [0.3, 0.4) is 0 Å². The maximum Gasteiger partial charge on any atom is 0.331 e. The van der Waals surface area contributed by atoms with Gasteiger partial charge in [-0.1, -0.05) is 0 Å². The summed E-state index contributed by atoms with van der Waals surface area (Å²) < 4.78 is 0. The van der Waals surface area contributed by atoms with Gasteiger partial charge in [-0.05, 0) is 14.0 Å². The second-order valence-corrected chi connectivity index (χ2v) is 3.76. The Kier molecular flexibility index (Phi) is 3.85. The van der Waals surface area contributed by atoms with Gasteiger partial charge in [-0.15, -0.1) is 0 Å². The van der Waals surface area contributed by atoms with Crippen LogP contribution in [0.25, 0.3) is 0 Å². The number of carboxylic acid groups (broad SMARTS) is 1. The van der Waals surface area contributed by atoms with Crippen molar-refractivity contribution in [1.29, 1.82) is 0 Å². The number of hydrogen-bond acceptors (Lipinski definition) is 3. The average molecular weight is 212 g/mol. The zero-order valence-corrected chi connectivity index (χ0v) is 9.06. The van der Waals surface area contributed by atoms with E-state index in [-0.39, 0.29) is 11.5 Å². The van der Waals surface area contributed by atoms with E-state index in [1.165, 1.54) is 13.0 Å². The molecule has 0 aliphatic carbocycles. The fourth-order valence-corrected chi connectivity index (χ4v) is 1.37. The third-order valence-electron chi connectivity index (χ3n) is 2.49. The fourth-order valence-electron chi connectivity index (χ4n) is 1.37. The van der Waals surface area contributed by atoms with Crippen molar-refractivity contribution < 1.29 is 14.7 Å². The van der Waals surface area contributed by atoms with Gasteiger partial charge in [0, 0.05) is 37.8 Å². The number of piperazine rings is 1. The van der Waals surface area contributed by atoms with Crippen LogP contribution in [0.4, 0.5) is 0 Å². The summed E-state index contributed by atoms with van der Waals surface area (Å²) in [7, 11) is 2.00. The van der Waals surface area contributed by atoms with Gasteiger partial charge in [-0.2, -0.15) is 0 Å². The second-order valence-electron chi connectivity index (χ2n) is 3.76. The maximum atomic E-state index is 11.6. The summed E-state index contributed by atoms with van der Waals surface area (Å²) in [6.07, 6.45) is 1.19. The van der Waals surface area contributed by atoms with Crippen LogP contribution in [0.1, 0.15) is 6.92 Å². The van der Waals surface area contributed by atoms with Crippen molar-refractivity contribution in [3.05, 3.63) is 11.6 Å². The third kappa shape index (κ3) is 3.36. The summed E-state index contributed by atoms with van der Waals surface area (Å²) in [5.74, 6) is -1.25. The molecule has 1 N–H and O–H groups in total. The number of rotatable bonds is 2. The maximum absolute atomic E-state index is 11.6. The number of likely N-dealkylation sites (N-methyl/N-ethyl adjacent to an activating group) is 1. The minimum Gasteiger partial charge on any atom is -0.478 e. The van der Waals surface area contributed by atoms with Crippen molar-refractivity contribution in [1.82, 2.24) is 9.80 Å². The molecule has 1 aliphatic rings. The Morgan fingerprint density at radius 3 is 2.20 bits per heavy atom. The van der Waals surface area contributed by atoms with E-state index in [0.717, 1.165) is 13.1 Å². The fraction of sp³-hybridized carbons (Fsp3) is 0.600. The summed E-state index contributed by atoms with van der Waals surface area (Å²) in [5.41, 5.74) is 0.0823. The SMILES string of the molecule is CC(=CC(=O)N1CCN(C)CC1)C(=O)O. The number of carbonyl (C=O) groups is 2. The van der Waals surface area contributed by atoms with Crippen LogP contribution in [0.2, 0.25) is 0 Å². The lowest BCUT2D eigenvalue weighted by Crippen LogP contribution is -2.46. The molecule has 0 radical (unpaired) electrons. The molecular formula is C10H16N2O3. The Hall–Kier alpha value is -1.36. The van der Waals surface area contributed by atoms with E-state index in [0.29, 0.717) is 13.1 Å². The average Bonchev–Trinajstić information content (AvgIpc) is 2.18. The van der Waals surface area contributed by atoms with Gasteiger partial charge in [0.15, 0.2) is 0 Å². The normalized spacial score (nSPS) is 19.1. The first kappa shape index (κ1) is 11.7. The molecule has 5 heteroatoms. The van der Waals surface area contributed by atoms with Crippen LogP contribution >= 0.6 is 0 Å². The molecule has 1 rings (SSSR count). The zero-order chi connectivity index (χ0) is 11.4. The summed E-state index contributed by atoms with van der Waals surface area (Å²) in [6, 6.07) is 0. The molecule has 5 nitrogen and oxygen atoms in total. The van der Waals surface area contributed by atoms with Crippen LogP contribution in [-0.4, -0.2) is 60.0 Å². The number of amides is 1. The van der Waals surface area contributed by atoms with Gasteiger partial charge in [-0.25, -0.2) is 4.79 Å². The summed E-state index contributed by atoms with van der Waals surface area (Å²) >= 11 is 0.